The quantitative estimate of drug-likeness (QED) is 0.680. The van der Waals surface area contributed by atoms with Gasteiger partial charge in [-0.05, 0) is 40.2 Å². The highest BCUT2D eigenvalue weighted by Crippen LogP contribution is 2.32. The zero-order valence-electron chi connectivity index (χ0n) is 9.93. The molecule has 1 N–H and O–H groups in total. The van der Waals surface area contributed by atoms with Crippen molar-refractivity contribution in [3.8, 4) is 11.3 Å². The highest BCUT2D eigenvalue weighted by atomic mass is 79.9. The summed E-state index contributed by atoms with van der Waals surface area (Å²) >= 11 is 6.78. The molecule has 0 atom stereocenters. The van der Waals surface area contributed by atoms with Crippen LogP contribution in [0.2, 0.25) is 0 Å². The van der Waals surface area contributed by atoms with Crippen LogP contribution in [0.5, 0.6) is 0 Å². The van der Waals surface area contributed by atoms with E-state index in [9.17, 15) is 9.90 Å². The van der Waals surface area contributed by atoms with Crippen molar-refractivity contribution in [3.05, 3.63) is 51.3 Å². The topological polar surface area (TPSA) is 63.3 Å². The molecule has 20 heavy (non-hydrogen) atoms. The molecule has 0 amide bonds. The van der Waals surface area contributed by atoms with Crippen molar-refractivity contribution in [2.24, 2.45) is 0 Å². The fourth-order valence-electron chi connectivity index (χ4n) is 1.99. The Labute approximate surface area is 130 Å². The summed E-state index contributed by atoms with van der Waals surface area (Å²) in [7, 11) is 0. The number of benzene rings is 1. The first-order valence-corrected chi connectivity index (χ1v) is 7.20. The number of fused-ring (bicyclic) bond motifs is 1. The molecule has 100 valence electrons. The molecule has 0 aliphatic carbocycles. The van der Waals surface area contributed by atoms with E-state index in [1.807, 2.05) is 6.07 Å². The van der Waals surface area contributed by atoms with Gasteiger partial charge in [-0.3, -0.25) is 0 Å². The maximum Gasteiger partial charge on any atom is 0.336 e. The molecule has 0 aliphatic heterocycles. The number of hydrogen-bond acceptors (Lipinski definition) is 3. The molecule has 2 heterocycles. The summed E-state index contributed by atoms with van der Waals surface area (Å²) in [5.74, 6) is -0.993. The van der Waals surface area contributed by atoms with Gasteiger partial charge in [0.05, 0.1) is 29.3 Å². The van der Waals surface area contributed by atoms with Gasteiger partial charge in [-0.25, -0.2) is 9.78 Å². The van der Waals surface area contributed by atoms with Crippen LogP contribution in [0.15, 0.2) is 50.2 Å². The fraction of sp³-hybridized carbons (Fsp3) is 0. The summed E-state index contributed by atoms with van der Waals surface area (Å²) < 4.78 is 6.54. The van der Waals surface area contributed by atoms with Crippen molar-refractivity contribution < 1.29 is 14.3 Å². The molecule has 0 saturated heterocycles. The summed E-state index contributed by atoms with van der Waals surface area (Å²) in [6, 6.07) is 6.87. The van der Waals surface area contributed by atoms with E-state index in [4.69, 9.17) is 4.42 Å². The van der Waals surface area contributed by atoms with E-state index in [0.717, 1.165) is 14.5 Å². The maximum atomic E-state index is 11.5. The van der Waals surface area contributed by atoms with Crippen molar-refractivity contribution in [2.45, 2.75) is 0 Å². The Kier molecular flexibility index (Phi) is 3.35. The second-order valence-electron chi connectivity index (χ2n) is 4.16. The highest BCUT2D eigenvalue weighted by Gasteiger charge is 2.15. The fourth-order valence-corrected chi connectivity index (χ4v) is 3.30. The Hall–Kier alpha value is -1.66. The highest BCUT2D eigenvalue weighted by molar-refractivity contribution is 9.11. The van der Waals surface area contributed by atoms with Gasteiger partial charge < -0.3 is 9.52 Å². The van der Waals surface area contributed by atoms with Crippen LogP contribution in [0, 0.1) is 0 Å². The van der Waals surface area contributed by atoms with Crippen LogP contribution >= 0.6 is 31.9 Å². The summed E-state index contributed by atoms with van der Waals surface area (Å²) in [4.78, 5) is 16.0. The molecule has 2 aromatic heterocycles. The van der Waals surface area contributed by atoms with E-state index in [0.29, 0.717) is 16.6 Å². The minimum Gasteiger partial charge on any atom is -0.478 e. The van der Waals surface area contributed by atoms with E-state index in [2.05, 4.69) is 36.8 Å². The number of aromatic nitrogens is 1. The Morgan fingerprint density at radius 2 is 2.05 bits per heavy atom. The van der Waals surface area contributed by atoms with Crippen LogP contribution in [0.4, 0.5) is 0 Å². The molecule has 0 aliphatic rings. The number of furan rings is 1. The molecule has 4 nitrogen and oxygen atoms in total. The molecule has 3 rings (SSSR count). The molecule has 0 fully saturated rings. The van der Waals surface area contributed by atoms with Crippen LogP contribution in [0.3, 0.4) is 0 Å². The molecule has 0 radical (unpaired) electrons. The number of rotatable bonds is 2. The number of halogens is 2. The molecule has 0 saturated carbocycles. The summed E-state index contributed by atoms with van der Waals surface area (Å²) in [6.07, 6.45) is 3.06. The van der Waals surface area contributed by atoms with E-state index in [1.165, 1.54) is 12.5 Å². The minimum atomic E-state index is -0.993. The summed E-state index contributed by atoms with van der Waals surface area (Å²) in [5.41, 5.74) is 2.10. The smallest absolute Gasteiger partial charge is 0.336 e. The predicted molar refractivity (Wildman–Crippen MR) is 81.8 cm³/mol. The van der Waals surface area contributed by atoms with Crippen molar-refractivity contribution in [3.63, 3.8) is 0 Å². The van der Waals surface area contributed by atoms with Crippen molar-refractivity contribution >= 4 is 48.7 Å². The second kappa shape index (κ2) is 5.03. The third kappa shape index (κ3) is 2.25. The first-order chi connectivity index (χ1) is 9.56. The van der Waals surface area contributed by atoms with Crippen molar-refractivity contribution in [1.29, 1.82) is 0 Å². The molecule has 1 aromatic carbocycles. The monoisotopic (exact) mass is 395 g/mol. The normalized spacial score (nSPS) is 10.9. The van der Waals surface area contributed by atoms with E-state index in [1.54, 1.807) is 18.2 Å². The molecule has 0 spiro atoms. The lowest BCUT2D eigenvalue weighted by Crippen LogP contribution is -2.00. The van der Waals surface area contributed by atoms with E-state index >= 15 is 0 Å². The number of hydrogen-bond donors (Lipinski definition) is 1. The molecule has 0 unspecified atom stereocenters. The molecular formula is C14H7Br2NO3. The first-order valence-electron chi connectivity index (χ1n) is 5.62. The number of carboxylic acid groups (broad SMARTS) is 1. The van der Waals surface area contributed by atoms with E-state index < -0.39 is 5.97 Å². The second-order valence-corrected chi connectivity index (χ2v) is 5.93. The molecule has 6 heteroatoms. The molecule has 3 aromatic rings. The number of nitrogens with zero attached hydrogens (tertiary/aromatic N) is 1. The van der Waals surface area contributed by atoms with Crippen LogP contribution in [0.25, 0.3) is 22.2 Å². The van der Waals surface area contributed by atoms with Gasteiger partial charge in [0.1, 0.15) is 0 Å². The number of carbonyl (C=O) groups is 1. The van der Waals surface area contributed by atoms with Gasteiger partial charge in [-0.1, -0.05) is 15.9 Å². The van der Waals surface area contributed by atoms with Gasteiger partial charge in [0.15, 0.2) is 0 Å². The van der Waals surface area contributed by atoms with Gasteiger partial charge in [0.25, 0.3) is 0 Å². The van der Waals surface area contributed by atoms with Crippen LogP contribution in [-0.2, 0) is 0 Å². The number of aromatic carboxylic acids is 1. The summed E-state index contributed by atoms with van der Waals surface area (Å²) in [6.45, 7) is 0. The predicted octanol–water partition coefficient (Wildman–Crippen LogP) is 4.72. The Morgan fingerprint density at radius 3 is 2.70 bits per heavy atom. The van der Waals surface area contributed by atoms with Crippen LogP contribution < -0.4 is 0 Å². The maximum absolute atomic E-state index is 11.5. The van der Waals surface area contributed by atoms with Crippen molar-refractivity contribution in [2.75, 3.05) is 0 Å². The Balaban J connectivity index is 2.40. The van der Waals surface area contributed by atoms with Gasteiger partial charge in [0.2, 0.25) is 0 Å². The Bertz CT molecular complexity index is 813. The van der Waals surface area contributed by atoms with Crippen molar-refractivity contribution in [1.82, 2.24) is 4.98 Å². The lowest BCUT2D eigenvalue weighted by atomic mass is 10.1. The van der Waals surface area contributed by atoms with Crippen LogP contribution in [-0.4, -0.2) is 16.1 Å². The van der Waals surface area contributed by atoms with Crippen LogP contribution in [0.1, 0.15) is 10.4 Å². The number of carboxylic acids is 1. The first kappa shape index (κ1) is 13.3. The zero-order chi connectivity index (χ0) is 14.3. The third-order valence-corrected chi connectivity index (χ3v) is 3.94. The molecule has 0 bridgehead atoms. The largest absolute Gasteiger partial charge is 0.478 e. The summed E-state index contributed by atoms with van der Waals surface area (Å²) in [5, 5.41) is 9.98. The standard InChI is InChI=1S/C14H7Br2NO3/c15-8-3-9-10(14(18)19)5-12(7-1-2-20-6-7)17-13(9)11(16)4-8/h1-6H,(H,18,19). The number of pyridine rings is 1. The average molecular weight is 397 g/mol. The average Bonchev–Trinajstić information content (AvgIpc) is 2.91. The third-order valence-electron chi connectivity index (χ3n) is 2.88. The van der Waals surface area contributed by atoms with Gasteiger partial charge in [-0.15, -0.1) is 0 Å². The lowest BCUT2D eigenvalue weighted by molar-refractivity contribution is 0.0699. The Morgan fingerprint density at radius 1 is 1.25 bits per heavy atom. The van der Waals surface area contributed by atoms with Gasteiger partial charge in [0, 0.05) is 19.9 Å². The lowest BCUT2D eigenvalue weighted by Gasteiger charge is -2.08. The van der Waals surface area contributed by atoms with Gasteiger partial charge >= 0.3 is 5.97 Å². The SMILES string of the molecule is O=C(O)c1cc(-c2ccoc2)nc2c(Br)cc(Br)cc12. The zero-order valence-corrected chi connectivity index (χ0v) is 13.1. The molecular weight excluding hydrogens is 390 g/mol. The minimum absolute atomic E-state index is 0.202. The van der Waals surface area contributed by atoms with E-state index in [-0.39, 0.29) is 5.56 Å². The van der Waals surface area contributed by atoms with Gasteiger partial charge in [-0.2, -0.15) is 0 Å².